The maximum atomic E-state index is 6.31. The fourth-order valence-corrected chi connectivity index (χ4v) is 3.01. The van der Waals surface area contributed by atoms with Gasteiger partial charge in [0, 0.05) is 19.1 Å². The van der Waals surface area contributed by atoms with Crippen LogP contribution < -0.4 is 11.1 Å². The summed E-state index contributed by atoms with van der Waals surface area (Å²) in [6.07, 6.45) is 4.93. The third kappa shape index (κ3) is 2.58. The van der Waals surface area contributed by atoms with Gasteiger partial charge in [-0.2, -0.15) is 0 Å². The third-order valence-electron chi connectivity index (χ3n) is 4.07. The van der Waals surface area contributed by atoms with Gasteiger partial charge in [-0.15, -0.1) is 0 Å². The fourth-order valence-electron chi connectivity index (χ4n) is 3.01. The molecule has 98 valence electrons. The Morgan fingerprint density at radius 2 is 2.22 bits per heavy atom. The second kappa shape index (κ2) is 5.39. The summed E-state index contributed by atoms with van der Waals surface area (Å²) in [4.78, 5) is 0. The number of hydrogen-bond donors (Lipinski definition) is 2. The number of morpholine rings is 1. The van der Waals surface area contributed by atoms with Gasteiger partial charge in [-0.05, 0) is 42.4 Å². The molecule has 1 heterocycles. The van der Waals surface area contributed by atoms with Crippen LogP contribution in [0.3, 0.4) is 0 Å². The highest BCUT2D eigenvalue weighted by atomic mass is 16.5. The van der Waals surface area contributed by atoms with E-state index in [1.165, 1.54) is 36.0 Å². The van der Waals surface area contributed by atoms with Crippen LogP contribution in [0.4, 0.5) is 0 Å². The van der Waals surface area contributed by atoms with Crippen molar-refractivity contribution in [2.45, 2.75) is 37.8 Å². The Labute approximate surface area is 109 Å². The van der Waals surface area contributed by atoms with Crippen LogP contribution in [0.1, 0.15) is 35.6 Å². The van der Waals surface area contributed by atoms with Gasteiger partial charge in [0.05, 0.1) is 12.7 Å². The molecule has 3 rings (SSSR count). The lowest BCUT2D eigenvalue weighted by atomic mass is 9.97. The first-order chi connectivity index (χ1) is 8.83. The van der Waals surface area contributed by atoms with Crippen molar-refractivity contribution in [1.29, 1.82) is 0 Å². The van der Waals surface area contributed by atoms with Crippen LogP contribution in [-0.2, 0) is 17.6 Å². The molecule has 2 atom stereocenters. The summed E-state index contributed by atoms with van der Waals surface area (Å²) in [7, 11) is 0. The van der Waals surface area contributed by atoms with Crippen LogP contribution in [0.2, 0.25) is 0 Å². The molecule has 3 heteroatoms. The maximum absolute atomic E-state index is 6.31. The molecular weight excluding hydrogens is 224 g/mol. The van der Waals surface area contributed by atoms with E-state index in [-0.39, 0.29) is 12.1 Å². The minimum Gasteiger partial charge on any atom is -0.376 e. The van der Waals surface area contributed by atoms with E-state index >= 15 is 0 Å². The SMILES string of the molecule is NC(CC1CNCCO1)c1ccc2c(c1)CCC2. The van der Waals surface area contributed by atoms with Crippen LogP contribution in [0.25, 0.3) is 0 Å². The first kappa shape index (κ1) is 12.2. The van der Waals surface area contributed by atoms with Gasteiger partial charge in [0.25, 0.3) is 0 Å². The van der Waals surface area contributed by atoms with Gasteiger partial charge in [0.15, 0.2) is 0 Å². The predicted molar refractivity (Wildman–Crippen MR) is 72.6 cm³/mol. The lowest BCUT2D eigenvalue weighted by Gasteiger charge is -2.26. The van der Waals surface area contributed by atoms with Crippen molar-refractivity contribution in [2.75, 3.05) is 19.7 Å². The first-order valence-corrected chi connectivity index (χ1v) is 7.02. The number of nitrogens with two attached hydrogens (primary N) is 1. The van der Waals surface area contributed by atoms with Gasteiger partial charge in [-0.3, -0.25) is 0 Å². The Bertz CT molecular complexity index is 413. The molecule has 2 aliphatic rings. The summed E-state index contributed by atoms with van der Waals surface area (Å²) in [6.45, 7) is 2.70. The van der Waals surface area contributed by atoms with E-state index in [4.69, 9.17) is 10.5 Å². The van der Waals surface area contributed by atoms with Gasteiger partial charge < -0.3 is 15.8 Å². The van der Waals surface area contributed by atoms with E-state index in [2.05, 4.69) is 23.5 Å². The second-order valence-electron chi connectivity index (χ2n) is 5.42. The molecule has 2 unspecified atom stereocenters. The molecule has 1 saturated heterocycles. The molecule has 0 saturated carbocycles. The van der Waals surface area contributed by atoms with Crippen LogP contribution in [0.15, 0.2) is 18.2 Å². The van der Waals surface area contributed by atoms with E-state index in [1.807, 2.05) is 0 Å². The normalized spacial score (nSPS) is 24.8. The van der Waals surface area contributed by atoms with Gasteiger partial charge in [0.2, 0.25) is 0 Å². The Morgan fingerprint density at radius 3 is 3.06 bits per heavy atom. The van der Waals surface area contributed by atoms with Crippen LogP contribution >= 0.6 is 0 Å². The van der Waals surface area contributed by atoms with Crippen molar-refractivity contribution in [1.82, 2.24) is 5.32 Å². The molecule has 0 spiro atoms. The number of rotatable bonds is 3. The van der Waals surface area contributed by atoms with Crippen molar-refractivity contribution < 1.29 is 4.74 Å². The first-order valence-electron chi connectivity index (χ1n) is 7.02. The summed E-state index contributed by atoms with van der Waals surface area (Å²) in [6, 6.07) is 6.87. The van der Waals surface area contributed by atoms with E-state index in [0.29, 0.717) is 0 Å². The molecule has 0 bridgehead atoms. The van der Waals surface area contributed by atoms with Crippen LogP contribution in [-0.4, -0.2) is 25.8 Å². The molecule has 18 heavy (non-hydrogen) atoms. The monoisotopic (exact) mass is 246 g/mol. The number of nitrogens with one attached hydrogen (secondary N) is 1. The highest BCUT2D eigenvalue weighted by Crippen LogP contribution is 2.26. The van der Waals surface area contributed by atoms with Gasteiger partial charge >= 0.3 is 0 Å². The van der Waals surface area contributed by atoms with Gasteiger partial charge in [-0.25, -0.2) is 0 Å². The van der Waals surface area contributed by atoms with E-state index < -0.39 is 0 Å². The summed E-state index contributed by atoms with van der Waals surface area (Å²) in [5, 5.41) is 3.35. The number of hydrogen-bond acceptors (Lipinski definition) is 3. The molecular formula is C15H22N2O. The number of aryl methyl sites for hydroxylation is 2. The lowest BCUT2D eigenvalue weighted by Crippen LogP contribution is -2.40. The minimum absolute atomic E-state index is 0.0980. The van der Waals surface area contributed by atoms with Crippen molar-refractivity contribution in [3.63, 3.8) is 0 Å². The lowest BCUT2D eigenvalue weighted by molar-refractivity contribution is 0.0195. The number of ether oxygens (including phenoxy) is 1. The molecule has 0 aromatic heterocycles. The zero-order valence-electron chi connectivity index (χ0n) is 10.8. The summed E-state index contributed by atoms with van der Waals surface area (Å²) >= 11 is 0. The Morgan fingerprint density at radius 1 is 1.33 bits per heavy atom. The summed E-state index contributed by atoms with van der Waals surface area (Å²) in [5.74, 6) is 0. The highest BCUT2D eigenvalue weighted by Gasteiger charge is 2.19. The highest BCUT2D eigenvalue weighted by molar-refractivity contribution is 5.36. The number of benzene rings is 1. The van der Waals surface area contributed by atoms with E-state index in [1.54, 1.807) is 0 Å². The largest absolute Gasteiger partial charge is 0.376 e. The second-order valence-corrected chi connectivity index (χ2v) is 5.42. The maximum Gasteiger partial charge on any atom is 0.0718 e. The van der Waals surface area contributed by atoms with E-state index in [9.17, 15) is 0 Å². The van der Waals surface area contributed by atoms with Gasteiger partial charge in [0.1, 0.15) is 0 Å². The van der Waals surface area contributed by atoms with Gasteiger partial charge in [-0.1, -0.05) is 18.2 Å². The zero-order valence-corrected chi connectivity index (χ0v) is 10.8. The summed E-state index contributed by atoms with van der Waals surface area (Å²) in [5.41, 5.74) is 10.6. The Kier molecular flexibility index (Phi) is 3.64. The van der Waals surface area contributed by atoms with E-state index in [0.717, 1.165) is 26.1 Å². The van der Waals surface area contributed by atoms with Crippen molar-refractivity contribution >= 4 is 0 Å². The minimum atomic E-state index is 0.0980. The van der Waals surface area contributed by atoms with Crippen molar-refractivity contribution in [3.05, 3.63) is 34.9 Å². The molecule has 1 aliphatic carbocycles. The third-order valence-corrected chi connectivity index (χ3v) is 4.07. The molecule has 0 radical (unpaired) electrons. The Hall–Kier alpha value is -0.900. The van der Waals surface area contributed by atoms with Crippen molar-refractivity contribution in [3.8, 4) is 0 Å². The predicted octanol–water partition coefficient (Wildman–Crippen LogP) is 1.55. The molecule has 3 N–H and O–H groups in total. The fraction of sp³-hybridized carbons (Fsp3) is 0.600. The average Bonchev–Trinajstić information content (AvgIpc) is 2.87. The zero-order chi connectivity index (χ0) is 12.4. The van der Waals surface area contributed by atoms with Crippen molar-refractivity contribution in [2.24, 2.45) is 5.73 Å². The van der Waals surface area contributed by atoms with Crippen LogP contribution in [0, 0.1) is 0 Å². The standard InChI is InChI=1S/C15H22N2O/c16-15(9-14-10-17-6-7-18-14)13-5-4-11-2-1-3-12(11)8-13/h4-5,8,14-15,17H,1-3,6-7,9-10,16H2. The number of fused-ring (bicyclic) bond motifs is 1. The Balaban J connectivity index is 1.66. The molecule has 1 aromatic rings. The molecule has 1 fully saturated rings. The molecule has 1 aliphatic heterocycles. The molecule has 1 aromatic carbocycles. The van der Waals surface area contributed by atoms with Crippen LogP contribution in [0.5, 0.6) is 0 Å². The molecule has 3 nitrogen and oxygen atoms in total. The average molecular weight is 246 g/mol. The topological polar surface area (TPSA) is 47.3 Å². The molecule has 0 amide bonds. The summed E-state index contributed by atoms with van der Waals surface area (Å²) < 4.78 is 5.72. The smallest absolute Gasteiger partial charge is 0.0718 e. The quantitative estimate of drug-likeness (QED) is 0.850.